The molecule has 3 rings (SSSR count). The average Bonchev–Trinajstić information content (AvgIpc) is 2.89. The lowest BCUT2D eigenvalue weighted by Crippen LogP contribution is -2.55. The molecule has 0 aliphatic carbocycles. The molecule has 0 heterocycles. The van der Waals surface area contributed by atoms with E-state index in [0.29, 0.717) is 10.6 Å². The molecular weight excluding hydrogens is 612 g/mol. The summed E-state index contributed by atoms with van der Waals surface area (Å²) in [5.41, 5.74) is -0.107. The number of carbonyl (C=O) groups is 2. The van der Waals surface area contributed by atoms with Crippen LogP contribution in [0.15, 0.2) is 71.6 Å². The first-order valence-electron chi connectivity index (χ1n) is 12.7. The molecule has 0 aliphatic rings. The van der Waals surface area contributed by atoms with Crippen molar-refractivity contribution in [3.8, 4) is 0 Å². The van der Waals surface area contributed by atoms with Crippen molar-refractivity contribution in [3.05, 3.63) is 93.2 Å². The Bertz CT molecular complexity index is 1520. The highest BCUT2D eigenvalue weighted by Crippen LogP contribution is 2.29. The van der Waals surface area contributed by atoms with E-state index in [1.54, 1.807) is 37.3 Å². The summed E-state index contributed by atoms with van der Waals surface area (Å²) in [6.45, 7) is 6.37. The number of rotatable bonds is 10. The number of sulfonamides is 1. The number of benzene rings is 3. The van der Waals surface area contributed by atoms with E-state index in [0.717, 1.165) is 16.4 Å². The Hall–Kier alpha value is -2.85. The van der Waals surface area contributed by atoms with Crippen molar-refractivity contribution in [1.29, 1.82) is 0 Å². The number of halogens is 4. The molecule has 0 aromatic heterocycles. The largest absolute Gasteiger partial charge is 0.350 e. The Kier molecular flexibility index (Phi) is 10.7. The fraction of sp³-hybridized carbons (Fsp3) is 0.310. The van der Waals surface area contributed by atoms with Gasteiger partial charge in [0.25, 0.3) is 10.0 Å². The van der Waals surface area contributed by atoms with Crippen LogP contribution in [0.4, 0.5) is 10.1 Å². The highest BCUT2D eigenvalue weighted by Gasteiger charge is 2.35. The van der Waals surface area contributed by atoms with Gasteiger partial charge in [0.1, 0.15) is 18.4 Å². The fourth-order valence-corrected chi connectivity index (χ4v) is 6.16. The zero-order valence-electron chi connectivity index (χ0n) is 23.0. The van der Waals surface area contributed by atoms with Gasteiger partial charge in [0.15, 0.2) is 0 Å². The molecule has 0 spiro atoms. The van der Waals surface area contributed by atoms with Gasteiger partial charge >= 0.3 is 0 Å². The van der Waals surface area contributed by atoms with Gasteiger partial charge in [-0.3, -0.25) is 13.9 Å². The second kappa shape index (κ2) is 13.4. The van der Waals surface area contributed by atoms with Crippen molar-refractivity contribution in [1.82, 2.24) is 10.2 Å². The van der Waals surface area contributed by atoms with Crippen LogP contribution in [0.5, 0.6) is 0 Å². The van der Waals surface area contributed by atoms with E-state index >= 15 is 0 Å². The van der Waals surface area contributed by atoms with Crippen LogP contribution in [0.1, 0.15) is 39.7 Å². The van der Waals surface area contributed by atoms with Gasteiger partial charge in [-0.2, -0.15) is 0 Å². The van der Waals surface area contributed by atoms with Crippen molar-refractivity contribution >= 4 is 62.3 Å². The summed E-state index contributed by atoms with van der Waals surface area (Å²) >= 11 is 18.5. The van der Waals surface area contributed by atoms with Crippen LogP contribution in [0.3, 0.4) is 0 Å². The zero-order chi connectivity index (χ0) is 30.5. The van der Waals surface area contributed by atoms with E-state index in [2.05, 4.69) is 5.32 Å². The van der Waals surface area contributed by atoms with Crippen LogP contribution in [0, 0.1) is 5.82 Å². The Labute approximate surface area is 255 Å². The molecule has 3 aromatic rings. The van der Waals surface area contributed by atoms with Crippen LogP contribution in [0.2, 0.25) is 15.1 Å². The standard InChI is InChI=1S/C29H31Cl3FN3O4S/c1-5-26(28(38)34-29(2,3)4)35(17-19-11-12-20(30)15-23(19)31)27(37)18-36(21-13-14-25(33)24(32)16-21)41(39,40)22-9-7-6-8-10-22/h6-16,26H,5,17-18H2,1-4H3,(H,34,38). The van der Waals surface area contributed by atoms with Crippen LogP contribution in [0.25, 0.3) is 0 Å². The number of hydrogen-bond acceptors (Lipinski definition) is 4. The maximum atomic E-state index is 14.1. The molecule has 3 aromatic carbocycles. The summed E-state index contributed by atoms with van der Waals surface area (Å²) in [6, 6.07) is 14.7. The summed E-state index contributed by atoms with van der Waals surface area (Å²) in [4.78, 5) is 28.6. The summed E-state index contributed by atoms with van der Waals surface area (Å²) in [5.74, 6) is -1.85. The number of anilines is 1. The lowest BCUT2D eigenvalue weighted by atomic mass is 10.1. The predicted octanol–water partition coefficient (Wildman–Crippen LogP) is 6.70. The molecule has 0 saturated heterocycles. The summed E-state index contributed by atoms with van der Waals surface area (Å²) < 4.78 is 42.5. The Morgan fingerprint density at radius 1 is 0.951 bits per heavy atom. The van der Waals surface area contributed by atoms with Crippen molar-refractivity contribution in [2.45, 2.75) is 57.1 Å². The van der Waals surface area contributed by atoms with Crippen LogP contribution in [-0.2, 0) is 26.2 Å². The van der Waals surface area contributed by atoms with E-state index in [9.17, 15) is 22.4 Å². The topological polar surface area (TPSA) is 86.8 Å². The smallest absolute Gasteiger partial charge is 0.264 e. The van der Waals surface area contributed by atoms with Crippen LogP contribution in [-0.4, -0.2) is 43.3 Å². The SMILES string of the molecule is CCC(C(=O)NC(C)(C)C)N(Cc1ccc(Cl)cc1Cl)C(=O)CN(c1ccc(F)c(Cl)c1)S(=O)(=O)c1ccccc1. The second-order valence-corrected chi connectivity index (χ2v) is 13.5. The van der Waals surface area contributed by atoms with Crippen molar-refractivity contribution < 1.29 is 22.4 Å². The average molecular weight is 643 g/mol. The molecule has 0 saturated carbocycles. The number of nitrogens with zero attached hydrogens (tertiary/aromatic N) is 2. The minimum atomic E-state index is -4.32. The monoisotopic (exact) mass is 641 g/mol. The van der Waals surface area contributed by atoms with E-state index in [1.807, 2.05) is 20.8 Å². The number of carbonyl (C=O) groups excluding carboxylic acids is 2. The predicted molar refractivity (Wildman–Crippen MR) is 161 cm³/mol. The second-order valence-electron chi connectivity index (χ2n) is 10.3. The first kappa shape index (κ1) is 32.7. The van der Waals surface area contributed by atoms with E-state index < -0.39 is 45.8 Å². The summed E-state index contributed by atoms with van der Waals surface area (Å²) in [6.07, 6.45) is 0.229. The van der Waals surface area contributed by atoms with Gasteiger partial charge in [0.05, 0.1) is 15.6 Å². The van der Waals surface area contributed by atoms with E-state index in [4.69, 9.17) is 34.8 Å². The molecule has 1 N–H and O–H groups in total. The van der Waals surface area contributed by atoms with Gasteiger partial charge in [0, 0.05) is 22.1 Å². The Balaban J connectivity index is 2.11. The molecule has 1 atom stereocenters. The van der Waals surface area contributed by atoms with Crippen molar-refractivity contribution in [2.75, 3.05) is 10.8 Å². The molecular formula is C29H31Cl3FN3O4S. The molecule has 0 fully saturated rings. The quantitative estimate of drug-likeness (QED) is 0.267. The third-order valence-corrected chi connectivity index (χ3v) is 8.71. The molecule has 12 heteroatoms. The summed E-state index contributed by atoms with van der Waals surface area (Å²) in [7, 11) is -4.32. The van der Waals surface area contributed by atoms with Gasteiger partial charge in [-0.15, -0.1) is 0 Å². The molecule has 220 valence electrons. The molecule has 41 heavy (non-hydrogen) atoms. The molecule has 0 aliphatic heterocycles. The van der Waals surface area contributed by atoms with Gasteiger partial charge < -0.3 is 10.2 Å². The normalized spacial score (nSPS) is 12.5. The van der Waals surface area contributed by atoms with E-state index in [-0.39, 0.29) is 33.6 Å². The van der Waals surface area contributed by atoms with Gasteiger partial charge in [-0.05, 0) is 75.2 Å². The third-order valence-electron chi connectivity index (χ3n) is 6.04. The molecule has 7 nitrogen and oxygen atoms in total. The minimum Gasteiger partial charge on any atom is -0.350 e. The van der Waals surface area contributed by atoms with E-state index in [1.165, 1.54) is 29.2 Å². The number of amides is 2. The van der Waals surface area contributed by atoms with Crippen LogP contribution < -0.4 is 9.62 Å². The van der Waals surface area contributed by atoms with Crippen LogP contribution >= 0.6 is 34.8 Å². The Morgan fingerprint density at radius 2 is 1.61 bits per heavy atom. The Morgan fingerprint density at radius 3 is 2.17 bits per heavy atom. The first-order valence-corrected chi connectivity index (χ1v) is 15.3. The maximum absolute atomic E-state index is 14.1. The highest BCUT2D eigenvalue weighted by atomic mass is 35.5. The lowest BCUT2D eigenvalue weighted by molar-refractivity contribution is -0.141. The van der Waals surface area contributed by atoms with Crippen molar-refractivity contribution in [2.24, 2.45) is 0 Å². The first-order chi connectivity index (χ1) is 19.1. The lowest BCUT2D eigenvalue weighted by Gasteiger charge is -2.35. The number of nitrogens with one attached hydrogen (secondary N) is 1. The minimum absolute atomic E-state index is 0.0229. The molecule has 2 amide bonds. The van der Waals surface area contributed by atoms with Gasteiger partial charge in [-0.25, -0.2) is 12.8 Å². The summed E-state index contributed by atoms with van der Waals surface area (Å²) in [5, 5.41) is 3.25. The highest BCUT2D eigenvalue weighted by molar-refractivity contribution is 7.92. The molecule has 1 unspecified atom stereocenters. The van der Waals surface area contributed by atoms with Gasteiger partial charge in [-0.1, -0.05) is 66.0 Å². The number of hydrogen-bond donors (Lipinski definition) is 1. The molecule has 0 bridgehead atoms. The molecule has 0 radical (unpaired) electrons. The zero-order valence-corrected chi connectivity index (χ0v) is 26.1. The third kappa shape index (κ3) is 8.35. The van der Waals surface area contributed by atoms with Crippen molar-refractivity contribution in [3.63, 3.8) is 0 Å². The van der Waals surface area contributed by atoms with Gasteiger partial charge in [0.2, 0.25) is 11.8 Å². The maximum Gasteiger partial charge on any atom is 0.264 e. The fourth-order valence-electron chi connectivity index (χ4n) is 4.09.